The van der Waals surface area contributed by atoms with Crippen LogP contribution < -0.4 is 0 Å². The smallest absolute Gasteiger partial charge is 0.141 e. The van der Waals surface area contributed by atoms with E-state index in [1.165, 1.54) is 0 Å². The van der Waals surface area contributed by atoms with Crippen molar-refractivity contribution in [3.05, 3.63) is 31.1 Å². The van der Waals surface area contributed by atoms with Crippen LogP contribution in [0.15, 0.2) is 31.1 Å². The van der Waals surface area contributed by atoms with Crippen LogP contribution in [-0.2, 0) is 0 Å². The number of hydrogen-bond donors (Lipinski definition) is 1. The fourth-order valence-electron chi connectivity index (χ4n) is 1.40. The molecule has 0 aliphatic rings. The van der Waals surface area contributed by atoms with Gasteiger partial charge in [-0.2, -0.15) is 0 Å². The molecule has 12 heavy (non-hydrogen) atoms. The summed E-state index contributed by atoms with van der Waals surface area (Å²) in [6, 6.07) is 2.00. The number of rotatable bonds is 0. The molecular weight excluding hydrogens is 152 g/mol. The van der Waals surface area contributed by atoms with Gasteiger partial charge in [-0.3, -0.25) is 4.40 Å². The highest BCUT2D eigenvalue weighted by atomic mass is 15.0. The van der Waals surface area contributed by atoms with Gasteiger partial charge in [0.15, 0.2) is 0 Å². The predicted octanol–water partition coefficient (Wildman–Crippen LogP) is 1.21. The van der Waals surface area contributed by atoms with E-state index in [0.717, 1.165) is 16.6 Å². The molecule has 0 saturated heterocycles. The van der Waals surface area contributed by atoms with Gasteiger partial charge in [0.1, 0.15) is 18.3 Å². The van der Waals surface area contributed by atoms with Crippen LogP contribution in [0.25, 0.3) is 16.6 Å². The summed E-state index contributed by atoms with van der Waals surface area (Å²) >= 11 is 0. The van der Waals surface area contributed by atoms with Crippen LogP contribution in [0.4, 0.5) is 0 Å². The molecule has 0 amide bonds. The number of H-pyrrole nitrogens is 1. The van der Waals surface area contributed by atoms with Crippen LogP contribution in [-0.4, -0.2) is 19.4 Å². The Labute approximate surface area is 67.9 Å². The topological polar surface area (TPSA) is 46.0 Å². The van der Waals surface area contributed by atoms with Crippen molar-refractivity contribution in [1.82, 2.24) is 19.4 Å². The Kier molecular flexibility index (Phi) is 0.889. The highest BCUT2D eigenvalue weighted by molar-refractivity contribution is 5.90. The zero-order valence-corrected chi connectivity index (χ0v) is 6.23. The van der Waals surface area contributed by atoms with E-state index in [1.54, 1.807) is 12.7 Å². The van der Waals surface area contributed by atoms with Crippen LogP contribution in [0, 0.1) is 0 Å². The zero-order chi connectivity index (χ0) is 7.97. The Balaban J connectivity index is 2.71. The van der Waals surface area contributed by atoms with Crippen LogP contribution in [0.2, 0.25) is 0 Å². The molecular formula is C8H6N4. The monoisotopic (exact) mass is 158 g/mol. The third kappa shape index (κ3) is 0.567. The van der Waals surface area contributed by atoms with E-state index < -0.39 is 0 Å². The Bertz CT molecular complexity index is 484. The maximum absolute atomic E-state index is 4.21. The minimum Gasteiger partial charge on any atom is -0.346 e. The lowest BCUT2D eigenvalue weighted by molar-refractivity contribution is 1.09. The number of nitrogens with zero attached hydrogens (tertiary/aromatic N) is 3. The maximum Gasteiger partial charge on any atom is 0.141 e. The first-order chi connectivity index (χ1) is 5.95. The Morgan fingerprint density at radius 2 is 2.33 bits per heavy atom. The largest absolute Gasteiger partial charge is 0.346 e. The molecule has 0 saturated carbocycles. The van der Waals surface area contributed by atoms with E-state index >= 15 is 0 Å². The zero-order valence-electron chi connectivity index (χ0n) is 6.23. The van der Waals surface area contributed by atoms with Gasteiger partial charge in [0.2, 0.25) is 0 Å². The number of hydrogen-bond acceptors (Lipinski definition) is 2. The molecule has 3 rings (SSSR count). The summed E-state index contributed by atoms with van der Waals surface area (Å²) in [6.45, 7) is 0. The van der Waals surface area contributed by atoms with Crippen LogP contribution in [0.1, 0.15) is 0 Å². The molecule has 0 spiro atoms. The van der Waals surface area contributed by atoms with Gasteiger partial charge < -0.3 is 4.98 Å². The van der Waals surface area contributed by atoms with Crippen molar-refractivity contribution in [2.24, 2.45) is 0 Å². The Hall–Kier alpha value is -1.84. The summed E-state index contributed by atoms with van der Waals surface area (Å²) < 4.78 is 1.90. The van der Waals surface area contributed by atoms with Crippen LogP contribution in [0.5, 0.6) is 0 Å². The third-order valence-electron chi connectivity index (χ3n) is 1.98. The lowest BCUT2D eigenvalue weighted by atomic mass is 10.3. The van der Waals surface area contributed by atoms with Gasteiger partial charge in [-0.1, -0.05) is 0 Å². The minimum atomic E-state index is 0.906. The normalized spacial score (nSPS) is 11.3. The summed E-state index contributed by atoms with van der Waals surface area (Å²) in [5.41, 5.74) is 1.99. The highest BCUT2D eigenvalue weighted by Crippen LogP contribution is 2.14. The summed E-state index contributed by atoms with van der Waals surface area (Å²) in [5, 5.41) is 1.11. The van der Waals surface area contributed by atoms with Gasteiger partial charge >= 0.3 is 0 Å². The van der Waals surface area contributed by atoms with Crippen molar-refractivity contribution in [3.63, 3.8) is 0 Å². The third-order valence-corrected chi connectivity index (χ3v) is 1.98. The van der Waals surface area contributed by atoms with Crippen molar-refractivity contribution in [2.75, 3.05) is 0 Å². The van der Waals surface area contributed by atoms with Crippen LogP contribution in [0.3, 0.4) is 0 Å². The lowest BCUT2D eigenvalue weighted by Crippen LogP contribution is -1.84. The molecule has 0 aromatic carbocycles. The van der Waals surface area contributed by atoms with Crippen molar-refractivity contribution in [3.8, 4) is 0 Å². The van der Waals surface area contributed by atoms with E-state index in [4.69, 9.17) is 0 Å². The van der Waals surface area contributed by atoms with Crippen LogP contribution >= 0.6 is 0 Å². The van der Waals surface area contributed by atoms with Gasteiger partial charge in [0.25, 0.3) is 0 Å². The standard InChI is InChI=1S/C8H6N4/c1-2-10-8-6(1)7-3-9-4-12(7)5-11-8/h1-5,10H. The SMILES string of the molecule is c1cc2c(ncn3cncc23)[nH]1. The average Bonchev–Trinajstić information content (AvgIpc) is 2.71. The van der Waals surface area contributed by atoms with E-state index in [2.05, 4.69) is 15.0 Å². The molecule has 1 N–H and O–H groups in total. The van der Waals surface area contributed by atoms with Gasteiger partial charge in [-0.15, -0.1) is 0 Å². The number of aromatic amines is 1. The Morgan fingerprint density at radius 3 is 3.33 bits per heavy atom. The fraction of sp³-hybridized carbons (Fsp3) is 0. The molecule has 58 valence electrons. The van der Waals surface area contributed by atoms with Crippen molar-refractivity contribution < 1.29 is 0 Å². The second-order valence-electron chi connectivity index (χ2n) is 2.67. The van der Waals surface area contributed by atoms with E-state index in [9.17, 15) is 0 Å². The molecule has 3 heterocycles. The van der Waals surface area contributed by atoms with E-state index in [0.29, 0.717) is 0 Å². The molecule has 0 unspecified atom stereocenters. The number of imidazole rings is 1. The minimum absolute atomic E-state index is 0.906. The van der Waals surface area contributed by atoms with Crippen molar-refractivity contribution in [2.45, 2.75) is 0 Å². The number of fused-ring (bicyclic) bond motifs is 3. The number of nitrogens with one attached hydrogen (secondary N) is 1. The van der Waals surface area contributed by atoms with Crippen molar-refractivity contribution >= 4 is 16.6 Å². The van der Waals surface area contributed by atoms with Gasteiger partial charge in [0.05, 0.1) is 11.7 Å². The molecule has 0 atom stereocenters. The average molecular weight is 158 g/mol. The van der Waals surface area contributed by atoms with Crippen molar-refractivity contribution in [1.29, 1.82) is 0 Å². The Morgan fingerprint density at radius 1 is 1.33 bits per heavy atom. The van der Waals surface area contributed by atoms with Gasteiger partial charge in [-0.25, -0.2) is 9.97 Å². The molecule has 4 heteroatoms. The summed E-state index contributed by atoms with van der Waals surface area (Å²) in [6.07, 6.45) is 7.21. The summed E-state index contributed by atoms with van der Waals surface area (Å²) in [4.78, 5) is 11.3. The molecule has 0 bridgehead atoms. The molecule has 0 fully saturated rings. The molecule has 0 aliphatic carbocycles. The first-order valence-electron chi connectivity index (χ1n) is 3.69. The number of aromatic nitrogens is 4. The summed E-state index contributed by atoms with van der Waals surface area (Å²) in [5.74, 6) is 0. The predicted molar refractivity (Wildman–Crippen MR) is 44.8 cm³/mol. The first kappa shape index (κ1) is 5.77. The van der Waals surface area contributed by atoms with Gasteiger partial charge in [0, 0.05) is 11.6 Å². The molecule has 3 aromatic rings. The lowest BCUT2D eigenvalue weighted by Gasteiger charge is -1.92. The summed E-state index contributed by atoms with van der Waals surface area (Å²) in [7, 11) is 0. The molecule has 0 radical (unpaired) electrons. The molecule has 0 aliphatic heterocycles. The first-order valence-corrected chi connectivity index (χ1v) is 3.69. The highest BCUT2D eigenvalue weighted by Gasteiger charge is 2.00. The molecule has 4 nitrogen and oxygen atoms in total. The second kappa shape index (κ2) is 1.85. The molecule has 3 aromatic heterocycles. The van der Waals surface area contributed by atoms with E-state index in [1.807, 2.05) is 22.9 Å². The van der Waals surface area contributed by atoms with E-state index in [-0.39, 0.29) is 0 Å². The van der Waals surface area contributed by atoms with Gasteiger partial charge in [-0.05, 0) is 6.07 Å². The fourth-order valence-corrected chi connectivity index (χ4v) is 1.40. The maximum atomic E-state index is 4.21. The second-order valence-corrected chi connectivity index (χ2v) is 2.67. The quantitative estimate of drug-likeness (QED) is 0.534.